The fourth-order valence-corrected chi connectivity index (χ4v) is 2.26. The highest BCUT2D eigenvalue weighted by molar-refractivity contribution is 5.95. The third-order valence-electron chi connectivity index (χ3n) is 3.45. The van der Waals surface area contributed by atoms with Gasteiger partial charge in [-0.15, -0.1) is 0 Å². The molecule has 0 heterocycles. The standard InChI is InChI=1S/C19H23NO4/c1-4-15(24-18-13-9-8-12-17(18)22-3)19(21)20-14-10-6-7-11-16(14)23-5-2/h6-13,15H,4-5H2,1-3H3,(H,20,21). The number of amides is 1. The largest absolute Gasteiger partial charge is 0.493 e. The fraction of sp³-hybridized carbons (Fsp3) is 0.316. The number of carbonyl (C=O) groups excluding carboxylic acids is 1. The van der Waals surface area contributed by atoms with Gasteiger partial charge < -0.3 is 19.5 Å². The molecule has 1 amide bonds. The van der Waals surface area contributed by atoms with Crippen molar-refractivity contribution in [1.29, 1.82) is 0 Å². The maximum Gasteiger partial charge on any atom is 0.265 e. The molecule has 1 atom stereocenters. The quantitative estimate of drug-likeness (QED) is 0.798. The lowest BCUT2D eigenvalue weighted by Crippen LogP contribution is -2.32. The number of para-hydroxylation sites is 4. The molecule has 0 spiro atoms. The first-order chi connectivity index (χ1) is 11.7. The molecule has 0 aliphatic rings. The van der Waals surface area contributed by atoms with Crippen LogP contribution < -0.4 is 19.5 Å². The van der Waals surface area contributed by atoms with Crippen LogP contribution in [0.1, 0.15) is 20.3 Å². The number of rotatable bonds is 8. The maximum absolute atomic E-state index is 12.6. The van der Waals surface area contributed by atoms with Crippen LogP contribution in [-0.2, 0) is 4.79 Å². The second-order valence-corrected chi connectivity index (χ2v) is 5.08. The topological polar surface area (TPSA) is 56.8 Å². The summed E-state index contributed by atoms with van der Waals surface area (Å²) in [6.07, 6.45) is -0.100. The summed E-state index contributed by atoms with van der Waals surface area (Å²) in [5.74, 6) is 1.55. The van der Waals surface area contributed by atoms with E-state index in [2.05, 4.69) is 5.32 Å². The number of benzene rings is 2. The van der Waals surface area contributed by atoms with Crippen LogP contribution in [0.4, 0.5) is 5.69 Å². The van der Waals surface area contributed by atoms with Gasteiger partial charge in [0.25, 0.3) is 5.91 Å². The molecule has 0 aliphatic heterocycles. The molecule has 2 aromatic carbocycles. The Morgan fingerprint density at radius 2 is 1.62 bits per heavy atom. The van der Waals surface area contributed by atoms with Crippen LogP contribution in [0.15, 0.2) is 48.5 Å². The van der Waals surface area contributed by atoms with Crippen LogP contribution in [0.5, 0.6) is 17.2 Å². The van der Waals surface area contributed by atoms with E-state index in [1.807, 2.05) is 44.2 Å². The molecule has 0 saturated carbocycles. The molecular formula is C19H23NO4. The van der Waals surface area contributed by atoms with Crippen molar-refractivity contribution in [3.05, 3.63) is 48.5 Å². The summed E-state index contributed by atoms with van der Waals surface area (Å²) >= 11 is 0. The molecule has 1 unspecified atom stereocenters. The lowest BCUT2D eigenvalue weighted by atomic mass is 10.2. The minimum atomic E-state index is -0.629. The SMILES string of the molecule is CCOc1ccccc1NC(=O)C(CC)Oc1ccccc1OC. The predicted octanol–water partition coefficient (Wildman–Crippen LogP) is 3.89. The molecular weight excluding hydrogens is 306 g/mol. The van der Waals surface area contributed by atoms with Gasteiger partial charge in [-0.25, -0.2) is 0 Å². The number of ether oxygens (including phenoxy) is 3. The Hall–Kier alpha value is -2.69. The molecule has 2 rings (SSSR count). The van der Waals surface area contributed by atoms with E-state index >= 15 is 0 Å². The number of hydrogen-bond acceptors (Lipinski definition) is 4. The average Bonchev–Trinajstić information content (AvgIpc) is 2.61. The van der Waals surface area contributed by atoms with Gasteiger partial charge in [0.2, 0.25) is 0 Å². The Balaban J connectivity index is 2.12. The fourth-order valence-electron chi connectivity index (χ4n) is 2.26. The van der Waals surface area contributed by atoms with Gasteiger partial charge in [0.1, 0.15) is 5.75 Å². The zero-order valence-corrected chi connectivity index (χ0v) is 14.2. The molecule has 0 aliphatic carbocycles. The molecule has 2 aromatic rings. The van der Waals surface area contributed by atoms with Crippen molar-refractivity contribution in [2.24, 2.45) is 0 Å². The number of methoxy groups -OCH3 is 1. The highest BCUT2D eigenvalue weighted by Crippen LogP contribution is 2.28. The third kappa shape index (κ3) is 4.41. The summed E-state index contributed by atoms with van der Waals surface area (Å²) in [6, 6.07) is 14.6. The van der Waals surface area contributed by atoms with Crippen LogP contribution in [0.2, 0.25) is 0 Å². The highest BCUT2D eigenvalue weighted by Gasteiger charge is 2.21. The molecule has 128 valence electrons. The van der Waals surface area contributed by atoms with Gasteiger partial charge in [0.05, 0.1) is 19.4 Å². The van der Waals surface area contributed by atoms with Crippen molar-refractivity contribution >= 4 is 11.6 Å². The van der Waals surface area contributed by atoms with E-state index < -0.39 is 6.10 Å². The number of hydrogen-bond donors (Lipinski definition) is 1. The van der Waals surface area contributed by atoms with E-state index in [-0.39, 0.29) is 5.91 Å². The predicted molar refractivity (Wildman–Crippen MR) is 93.9 cm³/mol. The lowest BCUT2D eigenvalue weighted by molar-refractivity contribution is -0.122. The molecule has 5 nitrogen and oxygen atoms in total. The van der Waals surface area contributed by atoms with Crippen LogP contribution in [0, 0.1) is 0 Å². The van der Waals surface area contributed by atoms with Crippen molar-refractivity contribution in [1.82, 2.24) is 0 Å². The molecule has 1 N–H and O–H groups in total. The van der Waals surface area contributed by atoms with Crippen molar-refractivity contribution in [3.8, 4) is 17.2 Å². The van der Waals surface area contributed by atoms with Gasteiger partial charge >= 0.3 is 0 Å². The van der Waals surface area contributed by atoms with Gasteiger partial charge in [-0.05, 0) is 37.6 Å². The summed E-state index contributed by atoms with van der Waals surface area (Å²) in [7, 11) is 1.57. The first-order valence-electron chi connectivity index (χ1n) is 8.01. The second kappa shape index (κ2) is 8.82. The van der Waals surface area contributed by atoms with E-state index in [0.717, 1.165) is 0 Å². The summed E-state index contributed by atoms with van der Waals surface area (Å²) in [4.78, 5) is 12.6. The minimum Gasteiger partial charge on any atom is -0.493 e. The molecule has 0 aromatic heterocycles. The Morgan fingerprint density at radius 1 is 1.00 bits per heavy atom. The molecule has 24 heavy (non-hydrogen) atoms. The summed E-state index contributed by atoms with van der Waals surface area (Å²) in [6.45, 7) is 4.33. The van der Waals surface area contributed by atoms with Gasteiger partial charge in [0, 0.05) is 0 Å². The summed E-state index contributed by atoms with van der Waals surface area (Å²) in [5.41, 5.74) is 0.631. The van der Waals surface area contributed by atoms with E-state index in [1.54, 1.807) is 25.3 Å². The van der Waals surface area contributed by atoms with Crippen molar-refractivity contribution < 1.29 is 19.0 Å². The van der Waals surface area contributed by atoms with Gasteiger partial charge in [0.15, 0.2) is 17.6 Å². The Kier molecular flexibility index (Phi) is 6.49. The average molecular weight is 329 g/mol. The van der Waals surface area contributed by atoms with Crippen molar-refractivity contribution in [2.45, 2.75) is 26.4 Å². The second-order valence-electron chi connectivity index (χ2n) is 5.08. The number of anilines is 1. The van der Waals surface area contributed by atoms with Crippen LogP contribution in [-0.4, -0.2) is 25.7 Å². The highest BCUT2D eigenvalue weighted by atomic mass is 16.5. The Bertz CT molecular complexity index is 672. The zero-order chi connectivity index (χ0) is 17.4. The van der Waals surface area contributed by atoms with Crippen LogP contribution in [0.25, 0.3) is 0 Å². The Labute approximate surface area is 142 Å². The van der Waals surface area contributed by atoms with E-state index in [9.17, 15) is 4.79 Å². The lowest BCUT2D eigenvalue weighted by Gasteiger charge is -2.19. The van der Waals surface area contributed by atoms with Crippen molar-refractivity contribution in [2.75, 3.05) is 19.0 Å². The van der Waals surface area contributed by atoms with E-state index in [0.29, 0.717) is 36.0 Å². The smallest absolute Gasteiger partial charge is 0.265 e. The molecule has 0 fully saturated rings. The van der Waals surface area contributed by atoms with Crippen LogP contribution in [0.3, 0.4) is 0 Å². The first-order valence-corrected chi connectivity index (χ1v) is 8.01. The van der Waals surface area contributed by atoms with Crippen LogP contribution >= 0.6 is 0 Å². The summed E-state index contributed by atoms with van der Waals surface area (Å²) < 4.78 is 16.6. The number of carbonyl (C=O) groups is 1. The molecule has 0 radical (unpaired) electrons. The van der Waals surface area contributed by atoms with Crippen molar-refractivity contribution in [3.63, 3.8) is 0 Å². The monoisotopic (exact) mass is 329 g/mol. The molecule has 0 saturated heterocycles. The summed E-state index contributed by atoms with van der Waals surface area (Å²) in [5, 5.41) is 2.87. The van der Waals surface area contributed by atoms with Gasteiger partial charge in [-0.1, -0.05) is 31.2 Å². The zero-order valence-electron chi connectivity index (χ0n) is 14.2. The first kappa shape index (κ1) is 17.7. The van der Waals surface area contributed by atoms with E-state index in [1.165, 1.54) is 0 Å². The number of nitrogens with one attached hydrogen (secondary N) is 1. The maximum atomic E-state index is 12.6. The minimum absolute atomic E-state index is 0.226. The molecule has 0 bridgehead atoms. The third-order valence-corrected chi connectivity index (χ3v) is 3.45. The van der Waals surface area contributed by atoms with Gasteiger partial charge in [-0.3, -0.25) is 4.79 Å². The Morgan fingerprint density at radius 3 is 2.25 bits per heavy atom. The molecule has 5 heteroatoms. The van der Waals surface area contributed by atoms with E-state index in [4.69, 9.17) is 14.2 Å². The normalized spacial score (nSPS) is 11.5. The van der Waals surface area contributed by atoms with Gasteiger partial charge in [-0.2, -0.15) is 0 Å².